The zero-order chi connectivity index (χ0) is 13.8. The molecule has 0 fully saturated rings. The third kappa shape index (κ3) is 4.15. The summed E-state index contributed by atoms with van der Waals surface area (Å²) in [7, 11) is -3.75. The molecular formula is C11H17NO5S. The Kier molecular flexibility index (Phi) is 4.92. The number of rotatable bonds is 7. The quantitative estimate of drug-likeness (QED) is 0.738. The highest BCUT2D eigenvalue weighted by Gasteiger charge is 2.20. The fourth-order valence-electron chi connectivity index (χ4n) is 1.37. The van der Waals surface area contributed by atoms with Gasteiger partial charge in [0, 0.05) is 6.54 Å². The van der Waals surface area contributed by atoms with Crippen LogP contribution in [0, 0.1) is 5.92 Å². The number of carboxylic acids is 1. The fraction of sp³-hybridized carbons (Fsp3) is 0.545. The Hall–Kier alpha value is -1.34. The van der Waals surface area contributed by atoms with Gasteiger partial charge in [0.2, 0.25) is 10.9 Å². The maximum atomic E-state index is 11.7. The van der Waals surface area contributed by atoms with Gasteiger partial charge in [0.05, 0.1) is 0 Å². The van der Waals surface area contributed by atoms with Crippen molar-refractivity contribution < 1.29 is 22.7 Å². The van der Waals surface area contributed by atoms with E-state index in [1.54, 1.807) is 0 Å². The SMILES string of the molecule is CC(C)CCCNS(=O)(=O)c1ccc(C(=O)O)o1. The van der Waals surface area contributed by atoms with Crippen LogP contribution >= 0.6 is 0 Å². The Bertz CT molecular complexity index is 503. The van der Waals surface area contributed by atoms with E-state index >= 15 is 0 Å². The van der Waals surface area contributed by atoms with Gasteiger partial charge in [-0.2, -0.15) is 0 Å². The standard InChI is InChI=1S/C11H17NO5S/c1-8(2)4-3-7-12-18(15,16)10-6-5-9(17-10)11(13)14/h5-6,8,12H,3-4,7H2,1-2H3,(H,13,14). The van der Waals surface area contributed by atoms with Crippen molar-refractivity contribution in [2.24, 2.45) is 5.92 Å². The van der Waals surface area contributed by atoms with Crippen molar-refractivity contribution in [3.05, 3.63) is 17.9 Å². The normalized spacial score (nSPS) is 11.9. The first kappa shape index (κ1) is 14.7. The van der Waals surface area contributed by atoms with E-state index in [-0.39, 0.29) is 5.09 Å². The van der Waals surface area contributed by atoms with Crippen LogP contribution in [0.5, 0.6) is 0 Å². The molecule has 7 heteroatoms. The van der Waals surface area contributed by atoms with E-state index in [1.165, 1.54) is 0 Å². The lowest BCUT2D eigenvalue weighted by Crippen LogP contribution is -2.24. The van der Waals surface area contributed by atoms with E-state index in [4.69, 9.17) is 9.52 Å². The minimum absolute atomic E-state index is 0.309. The van der Waals surface area contributed by atoms with Gasteiger partial charge in [-0.05, 0) is 30.9 Å². The summed E-state index contributed by atoms with van der Waals surface area (Å²) in [4.78, 5) is 10.6. The third-order valence-corrected chi connectivity index (χ3v) is 3.64. The Morgan fingerprint density at radius 2 is 2.11 bits per heavy atom. The molecule has 0 amide bonds. The maximum Gasteiger partial charge on any atom is 0.371 e. The zero-order valence-electron chi connectivity index (χ0n) is 10.3. The summed E-state index contributed by atoms with van der Waals surface area (Å²) in [6, 6.07) is 2.25. The summed E-state index contributed by atoms with van der Waals surface area (Å²) in [6.45, 7) is 4.42. The highest BCUT2D eigenvalue weighted by molar-refractivity contribution is 7.89. The molecule has 0 aliphatic heterocycles. The summed E-state index contributed by atoms with van der Waals surface area (Å²) in [5.41, 5.74) is 0. The van der Waals surface area contributed by atoms with Gasteiger partial charge in [-0.1, -0.05) is 13.8 Å². The molecule has 2 N–H and O–H groups in total. The second kappa shape index (κ2) is 6.01. The molecule has 0 saturated carbocycles. The fourth-order valence-corrected chi connectivity index (χ4v) is 2.37. The molecule has 0 atom stereocenters. The van der Waals surface area contributed by atoms with Crippen molar-refractivity contribution in [3.8, 4) is 0 Å². The molecule has 0 bridgehead atoms. The lowest BCUT2D eigenvalue weighted by Gasteiger charge is -2.05. The number of hydrogen-bond acceptors (Lipinski definition) is 4. The Labute approximate surface area is 106 Å². The van der Waals surface area contributed by atoms with E-state index in [0.717, 1.165) is 25.0 Å². The predicted octanol–water partition coefficient (Wildman–Crippen LogP) is 1.69. The smallest absolute Gasteiger partial charge is 0.371 e. The van der Waals surface area contributed by atoms with Gasteiger partial charge >= 0.3 is 5.97 Å². The van der Waals surface area contributed by atoms with Gasteiger partial charge in [-0.15, -0.1) is 0 Å². The predicted molar refractivity (Wildman–Crippen MR) is 64.9 cm³/mol. The van der Waals surface area contributed by atoms with E-state index in [2.05, 4.69) is 18.6 Å². The van der Waals surface area contributed by atoms with Crippen LogP contribution in [0.2, 0.25) is 0 Å². The van der Waals surface area contributed by atoms with E-state index in [0.29, 0.717) is 12.5 Å². The minimum atomic E-state index is -3.75. The van der Waals surface area contributed by atoms with E-state index in [9.17, 15) is 13.2 Å². The number of sulfonamides is 1. The van der Waals surface area contributed by atoms with Gasteiger partial charge in [-0.25, -0.2) is 17.9 Å². The summed E-state index contributed by atoms with van der Waals surface area (Å²) < 4.78 is 30.5. The summed E-state index contributed by atoms with van der Waals surface area (Å²) in [5.74, 6) is -1.18. The van der Waals surface area contributed by atoms with Crippen LogP contribution in [0.15, 0.2) is 21.6 Å². The van der Waals surface area contributed by atoms with Crippen LogP contribution in [0.25, 0.3) is 0 Å². The molecule has 1 aromatic heterocycles. The van der Waals surface area contributed by atoms with Crippen molar-refractivity contribution >= 4 is 16.0 Å². The van der Waals surface area contributed by atoms with Crippen LogP contribution in [-0.4, -0.2) is 26.0 Å². The van der Waals surface area contributed by atoms with Crippen molar-refractivity contribution in [1.29, 1.82) is 0 Å². The number of nitrogens with one attached hydrogen (secondary N) is 1. The molecule has 102 valence electrons. The highest BCUT2D eigenvalue weighted by Crippen LogP contribution is 2.13. The van der Waals surface area contributed by atoms with Gasteiger partial charge < -0.3 is 9.52 Å². The largest absolute Gasteiger partial charge is 0.475 e. The van der Waals surface area contributed by atoms with E-state index < -0.39 is 21.8 Å². The van der Waals surface area contributed by atoms with Gasteiger partial charge in [0.1, 0.15) is 0 Å². The molecule has 18 heavy (non-hydrogen) atoms. The number of aromatic carboxylic acids is 1. The summed E-state index contributed by atoms with van der Waals surface area (Å²) >= 11 is 0. The first-order chi connectivity index (χ1) is 8.33. The molecule has 0 aliphatic rings. The lowest BCUT2D eigenvalue weighted by molar-refractivity contribution is 0.0656. The van der Waals surface area contributed by atoms with Gasteiger partial charge in [-0.3, -0.25) is 0 Å². The zero-order valence-corrected chi connectivity index (χ0v) is 11.2. The lowest BCUT2D eigenvalue weighted by atomic mass is 10.1. The molecule has 6 nitrogen and oxygen atoms in total. The van der Waals surface area contributed by atoms with Crippen molar-refractivity contribution in [2.75, 3.05) is 6.54 Å². The Morgan fingerprint density at radius 1 is 1.44 bits per heavy atom. The molecule has 1 aromatic rings. The second-order valence-electron chi connectivity index (χ2n) is 4.36. The van der Waals surface area contributed by atoms with Gasteiger partial charge in [0.15, 0.2) is 0 Å². The highest BCUT2D eigenvalue weighted by atomic mass is 32.2. The van der Waals surface area contributed by atoms with Crippen LogP contribution in [0.1, 0.15) is 37.2 Å². The van der Waals surface area contributed by atoms with Gasteiger partial charge in [0.25, 0.3) is 10.0 Å². The summed E-state index contributed by atoms with van der Waals surface area (Å²) in [5, 5.41) is 8.26. The van der Waals surface area contributed by atoms with Crippen molar-refractivity contribution in [1.82, 2.24) is 4.72 Å². The van der Waals surface area contributed by atoms with Crippen molar-refractivity contribution in [3.63, 3.8) is 0 Å². The number of carboxylic acid groups (broad SMARTS) is 1. The molecule has 0 radical (unpaired) electrons. The maximum absolute atomic E-state index is 11.7. The molecule has 0 aliphatic carbocycles. The molecule has 0 aromatic carbocycles. The van der Waals surface area contributed by atoms with Crippen molar-refractivity contribution in [2.45, 2.75) is 31.8 Å². The molecule has 0 saturated heterocycles. The average Bonchev–Trinajstić information content (AvgIpc) is 2.74. The van der Waals surface area contributed by atoms with Crippen LogP contribution in [-0.2, 0) is 10.0 Å². The van der Waals surface area contributed by atoms with Crippen LogP contribution < -0.4 is 4.72 Å². The topological polar surface area (TPSA) is 96.6 Å². The van der Waals surface area contributed by atoms with Crippen LogP contribution in [0.3, 0.4) is 0 Å². The molecule has 1 heterocycles. The number of furan rings is 1. The van der Waals surface area contributed by atoms with Crippen LogP contribution in [0.4, 0.5) is 0 Å². The Balaban J connectivity index is 2.60. The van der Waals surface area contributed by atoms with E-state index in [1.807, 2.05) is 0 Å². The monoisotopic (exact) mass is 275 g/mol. The molecule has 1 rings (SSSR count). The number of carbonyl (C=O) groups is 1. The second-order valence-corrected chi connectivity index (χ2v) is 6.06. The molecular weight excluding hydrogens is 258 g/mol. The first-order valence-electron chi connectivity index (χ1n) is 5.65. The molecule has 0 unspecified atom stereocenters. The minimum Gasteiger partial charge on any atom is -0.475 e. The first-order valence-corrected chi connectivity index (χ1v) is 7.14. The third-order valence-electron chi connectivity index (χ3n) is 2.31. The Morgan fingerprint density at radius 3 is 2.61 bits per heavy atom. The molecule has 0 spiro atoms. The number of hydrogen-bond donors (Lipinski definition) is 2. The summed E-state index contributed by atoms with van der Waals surface area (Å²) in [6.07, 6.45) is 1.64. The average molecular weight is 275 g/mol.